The van der Waals surface area contributed by atoms with E-state index in [1.165, 1.54) is 12.8 Å². The zero-order valence-electron chi connectivity index (χ0n) is 12.8. The topological polar surface area (TPSA) is 63.5 Å². The molecule has 116 valence electrons. The Hall–Kier alpha value is -0.670. The van der Waals surface area contributed by atoms with Crippen molar-refractivity contribution in [3.8, 4) is 6.07 Å². The third-order valence-electron chi connectivity index (χ3n) is 3.32. The predicted molar refractivity (Wildman–Crippen MR) is 77.5 cm³/mol. The summed E-state index contributed by atoms with van der Waals surface area (Å²) in [6.07, 6.45) is 5.06. The summed E-state index contributed by atoms with van der Waals surface area (Å²) in [7, 11) is 1.67. The van der Waals surface area contributed by atoms with E-state index >= 15 is 0 Å². The van der Waals surface area contributed by atoms with Crippen LogP contribution < -0.4 is 5.32 Å². The molecule has 0 radical (unpaired) electrons. The monoisotopic (exact) mass is 284 g/mol. The normalized spacial score (nSPS) is 17.6. The van der Waals surface area contributed by atoms with E-state index in [9.17, 15) is 5.26 Å². The molecular formula is C15H28N2O3. The molecule has 0 saturated heterocycles. The lowest BCUT2D eigenvalue weighted by atomic mass is 9.98. The molecule has 0 bridgehead atoms. The quantitative estimate of drug-likeness (QED) is 0.523. The molecule has 1 atom stereocenters. The molecule has 0 aliphatic heterocycles. The van der Waals surface area contributed by atoms with Gasteiger partial charge in [0.2, 0.25) is 0 Å². The summed E-state index contributed by atoms with van der Waals surface area (Å²) in [5.41, 5.74) is -0.395. The fourth-order valence-corrected chi connectivity index (χ4v) is 1.98. The number of nitriles is 1. The van der Waals surface area contributed by atoms with Crippen molar-refractivity contribution in [2.75, 3.05) is 40.1 Å². The van der Waals surface area contributed by atoms with E-state index in [2.05, 4.69) is 11.4 Å². The molecule has 1 aliphatic rings. The Bertz CT molecular complexity index is 289. The van der Waals surface area contributed by atoms with Crippen LogP contribution in [-0.2, 0) is 14.2 Å². The molecule has 5 heteroatoms. The van der Waals surface area contributed by atoms with Gasteiger partial charge >= 0.3 is 0 Å². The molecule has 20 heavy (non-hydrogen) atoms. The van der Waals surface area contributed by atoms with E-state index in [1.807, 2.05) is 6.92 Å². The minimum atomic E-state index is -0.395. The molecule has 1 fully saturated rings. The van der Waals surface area contributed by atoms with Crippen molar-refractivity contribution in [3.05, 3.63) is 0 Å². The van der Waals surface area contributed by atoms with Crippen LogP contribution in [0, 0.1) is 11.3 Å². The first kappa shape index (κ1) is 17.4. The minimum Gasteiger partial charge on any atom is -0.382 e. The van der Waals surface area contributed by atoms with Crippen LogP contribution in [0.5, 0.6) is 0 Å². The molecule has 0 aromatic carbocycles. The van der Waals surface area contributed by atoms with Gasteiger partial charge < -0.3 is 14.2 Å². The SMILES string of the molecule is COCCOCCCOCCCC(C)(C#N)NC1CC1. The van der Waals surface area contributed by atoms with E-state index in [4.69, 9.17) is 14.2 Å². The van der Waals surface area contributed by atoms with Crippen LogP contribution in [0.2, 0.25) is 0 Å². The maximum atomic E-state index is 9.23. The van der Waals surface area contributed by atoms with E-state index in [0.717, 1.165) is 19.3 Å². The van der Waals surface area contributed by atoms with Crippen LogP contribution in [0.15, 0.2) is 0 Å². The smallest absolute Gasteiger partial charge is 0.104 e. The number of hydrogen-bond acceptors (Lipinski definition) is 5. The van der Waals surface area contributed by atoms with Gasteiger partial charge in [-0.1, -0.05) is 0 Å². The second kappa shape index (κ2) is 10.1. The maximum Gasteiger partial charge on any atom is 0.104 e. The number of nitrogens with one attached hydrogen (secondary N) is 1. The first-order chi connectivity index (χ1) is 9.70. The molecule has 5 nitrogen and oxygen atoms in total. The lowest BCUT2D eigenvalue weighted by Gasteiger charge is -2.23. The highest BCUT2D eigenvalue weighted by Gasteiger charge is 2.31. The Labute approximate surface area is 122 Å². The van der Waals surface area contributed by atoms with E-state index in [-0.39, 0.29) is 0 Å². The summed E-state index contributed by atoms with van der Waals surface area (Å²) < 4.78 is 15.8. The largest absolute Gasteiger partial charge is 0.382 e. The van der Waals surface area contributed by atoms with Gasteiger partial charge in [0, 0.05) is 33.0 Å². The predicted octanol–water partition coefficient (Wildman–Crippen LogP) is 1.87. The van der Waals surface area contributed by atoms with Gasteiger partial charge in [-0.15, -0.1) is 0 Å². The molecule has 1 unspecified atom stereocenters. The van der Waals surface area contributed by atoms with Crippen LogP contribution in [0.25, 0.3) is 0 Å². The molecule has 0 aromatic heterocycles. The average Bonchev–Trinajstić information content (AvgIpc) is 3.25. The van der Waals surface area contributed by atoms with Crippen molar-refractivity contribution in [3.63, 3.8) is 0 Å². The van der Waals surface area contributed by atoms with Gasteiger partial charge in [-0.25, -0.2) is 0 Å². The third kappa shape index (κ3) is 8.49. The lowest BCUT2D eigenvalue weighted by Crippen LogP contribution is -2.42. The van der Waals surface area contributed by atoms with Gasteiger partial charge in [0.15, 0.2) is 0 Å². The first-order valence-electron chi connectivity index (χ1n) is 7.53. The van der Waals surface area contributed by atoms with Gasteiger partial charge in [-0.3, -0.25) is 5.32 Å². The Balaban J connectivity index is 1.89. The number of methoxy groups -OCH3 is 1. The van der Waals surface area contributed by atoms with Gasteiger partial charge in [0.1, 0.15) is 5.54 Å². The number of ether oxygens (including phenoxy) is 3. The third-order valence-corrected chi connectivity index (χ3v) is 3.32. The Morgan fingerprint density at radius 2 is 1.75 bits per heavy atom. The zero-order valence-corrected chi connectivity index (χ0v) is 12.8. The second-order valence-corrected chi connectivity index (χ2v) is 5.54. The summed E-state index contributed by atoms with van der Waals surface area (Å²) in [6, 6.07) is 2.94. The van der Waals surface area contributed by atoms with Gasteiger partial charge in [0.25, 0.3) is 0 Å². The van der Waals surface area contributed by atoms with E-state index in [0.29, 0.717) is 39.1 Å². The van der Waals surface area contributed by atoms with Crippen LogP contribution in [0.1, 0.15) is 39.0 Å². The van der Waals surface area contributed by atoms with Crippen molar-refractivity contribution in [1.82, 2.24) is 5.32 Å². The zero-order chi connectivity index (χ0) is 14.7. The summed E-state index contributed by atoms with van der Waals surface area (Å²) in [4.78, 5) is 0. The summed E-state index contributed by atoms with van der Waals surface area (Å²) in [5.74, 6) is 0. The number of rotatable bonds is 13. The Morgan fingerprint density at radius 1 is 1.10 bits per heavy atom. The Morgan fingerprint density at radius 3 is 2.35 bits per heavy atom. The van der Waals surface area contributed by atoms with Crippen molar-refractivity contribution < 1.29 is 14.2 Å². The molecule has 1 aliphatic carbocycles. The molecule has 0 aromatic rings. The fraction of sp³-hybridized carbons (Fsp3) is 0.933. The minimum absolute atomic E-state index is 0.395. The molecule has 1 N–H and O–H groups in total. The highest BCUT2D eigenvalue weighted by molar-refractivity contribution is 5.06. The van der Waals surface area contributed by atoms with Crippen LogP contribution in [0.3, 0.4) is 0 Å². The fourth-order valence-electron chi connectivity index (χ4n) is 1.98. The molecule has 0 spiro atoms. The van der Waals surface area contributed by atoms with Crippen molar-refractivity contribution in [2.45, 2.75) is 50.6 Å². The second-order valence-electron chi connectivity index (χ2n) is 5.54. The molecule has 0 heterocycles. The standard InChI is InChI=1S/C15H28N2O3/c1-15(13-16,17-14-5-6-14)7-3-8-19-9-4-10-20-12-11-18-2/h14,17H,3-12H2,1-2H3. The molecule has 1 saturated carbocycles. The highest BCUT2D eigenvalue weighted by atomic mass is 16.5. The van der Waals surface area contributed by atoms with Crippen LogP contribution >= 0.6 is 0 Å². The lowest BCUT2D eigenvalue weighted by molar-refractivity contribution is 0.0503. The number of nitrogens with zero attached hydrogens (tertiary/aromatic N) is 1. The maximum absolute atomic E-state index is 9.23. The Kier molecular flexibility index (Phi) is 8.79. The van der Waals surface area contributed by atoms with Gasteiger partial charge in [0.05, 0.1) is 19.3 Å². The van der Waals surface area contributed by atoms with Gasteiger partial charge in [-0.05, 0) is 39.0 Å². The first-order valence-corrected chi connectivity index (χ1v) is 7.53. The van der Waals surface area contributed by atoms with Crippen LogP contribution in [-0.4, -0.2) is 51.7 Å². The van der Waals surface area contributed by atoms with Gasteiger partial charge in [-0.2, -0.15) is 5.26 Å². The van der Waals surface area contributed by atoms with Crippen molar-refractivity contribution >= 4 is 0 Å². The molecular weight excluding hydrogens is 256 g/mol. The molecule has 1 rings (SSSR count). The van der Waals surface area contributed by atoms with Crippen LogP contribution in [0.4, 0.5) is 0 Å². The highest BCUT2D eigenvalue weighted by Crippen LogP contribution is 2.24. The van der Waals surface area contributed by atoms with E-state index < -0.39 is 5.54 Å². The van der Waals surface area contributed by atoms with Crippen molar-refractivity contribution in [1.29, 1.82) is 5.26 Å². The molecule has 0 amide bonds. The average molecular weight is 284 g/mol. The summed E-state index contributed by atoms with van der Waals surface area (Å²) >= 11 is 0. The summed E-state index contributed by atoms with van der Waals surface area (Å²) in [5, 5.41) is 12.6. The van der Waals surface area contributed by atoms with Crippen molar-refractivity contribution in [2.24, 2.45) is 0 Å². The van der Waals surface area contributed by atoms with E-state index in [1.54, 1.807) is 7.11 Å². The summed E-state index contributed by atoms with van der Waals surface area (Å²) in [6.45, 7) is 5.40. The number of hydrogen-bond donors (Lipinski definition) is 1.